The first kappa shape index (κ1) is 13.1. The molecule has 0 aliphatic carbocycles. The zero-order valence-corrected chi connectivity index (χ0v) is 9.91. The second kappa shape index (κ2) is 4.92. The van der Waals surface area contributed by atoms with Crippen LogP contribution in [0, 0.1) is 10.1 Å². The molecule has 0 radical (unpaired) electrons. The number of benzene rings is 1. The summed E-state index contributed by atoms with van der Waals surface area (Å²) in [4.78, 5) is 9.65. The molecular formula is C8H5BrClF2NO3. The summed E-state index contributed by atoms with van der Waals surface area (Å²) in [6.07, 6.45) is -3.60. The van der Waals surface area contributed by atoms with E-state index in [1.165, 1.54) is 0 Å². The predicted octanol–water partition coefficient (Wildman–Crippen LogP) is 3.53. The van der Waals surface area contributed by atoms with E-state index < -0.39 is 15.3 Å². The van der Waals surface area contributed by atoms with E-state index in [9.17, 15) is 18.9 Å². The highest BCUT2D eigenvalue weighted by Crippen LogP contribution is 2.31. The summed E-state index contributed by atoms with van der Waals surface area (Å²) < 4.78 is 28.5. The van der Waals surface area contributed by atoms with Crippen molar-refractivity contribution >= 4 is 33.2 Å². The maximum atomic E-state index is 13.0. The molecule has 0 aliphatic rings. The third-order valence-electron chi connectivity index (χ3n) is 1.56. The molecule has 1 aromatic rings. The van der Waals surface area contributed by atoms with Gasteiger partial charge in [0.25, 0.3) is 5.69 Å². The van der Waals surface area contributed by atoms with E-state index >= 15 is 0 Å². The fraction of sp³-hybridized carbons (Fsp3) is 0.250. The molecular weight excluding hydrogens is 311 g/mol. The summed E-state index contributed by atoms with van der Waals surface area (Å²) >= 11 is 7.61. The van der Waals surface area contributed by atoms with Crippen molar-refractivity contribution in [1.29, 1.82) is 0 Å². The molecule has 1 atom stereocenters. The van der Waals surface area contributed by atoms with Gasteiger partial charge in [0.2, 0.25) is 0 Å². The summed E-state index contributed by atoms with van der Waals surface area (Å²) in [6, 6.07) is 4.25. The van der Waals surface area contributed by atoms with Crippen LogP contribution in [0.4, 0.5) is 14.5 Å². The van der Waals surface area contributed by atoms with Crippen LogP contribution in [0.3, 0.4) is 0 Å². The SMILES string of the molecule is O=[N+]([O-])c1ccc(OC(F)(F)C(Cl)Br)cc1. The van der Waals surface area contributed by atoms with Crippen molar-refractivity contribution in [3.63, 3.8) is 0 Å². The van der Waals surface area contributed by atoms with Crippen LogP contribution in [-0.2, 0) is 0 Å². The van der Waals surface area contributed by atoms with E-state index in [0.717, 1.165) is 24.3 Å². The molecule has 88 valence electrons. The van der Waals surface area contributed by atoms with Crippen molar-refractivity contribution in [3.05, 3.63) is 34.4 Å². The molecule has 1 unspecified atom stereocenters. The lowest BCUT2D eigenvalue weighted by Crippen LogP contribution is -2.31. The van der Waals surface area contributed by atoms with E-state index in [0.29, 0.717) is 0 Å². The molecule has 4 nitrogen and oxygen atoms in total. The van der Waals surface area contributed by atoms with Gasteiger partial charge in [0.1, 0.15) is 5.75 Å². The Labute approximate surface area is 102 Å². The van der Waals surface area contributed by atoms with Gasteiger partial charge >= 0.3 is 6.11 Å². The second-order valence-electron chi connectivity index (χ2n) is 2.72. The Hall–Kier alpha value is -0.950. The maximum Gasteiger partial charge on any atom is 0.424 e. The van der Waals surface area contributed by atoms with Crippen LogP contribution in [0.1, 0.15) is 0 Å². The minimum absolute atomic E-state index is 0.208. The number of nitrogens with zero attached hydrogens (tertiary/aromatic N) is 1. The van der Waals surface area contributed by atoms with E-state index in [-0.39, 0.29) is 11.4 Å². The smallest absolute Gasteiger partial charge is 0.424 e. The number of alkyl halides is 4. The van der Waals surface area contributed by atoms with E-state index in [1.54, 1.807) is 0 Å². The highest BCUT2D eigenvalue weighted by Gasteiger charge is 2.39. The third-order valence-corrected chi connectivity index (χ3v) is 2.34. The summed E-state index contributed by atoms with van der Waals surface area (Å²) in [5, 5.41) is 10.3. The van der Waals surface area contributed by atoms with Gasteiger partial charge in [0.05, 0.1) is 4.92 Å². The average Bonchev–Trinajstić information content (AvgIpc) is 2.17. The van der Waals surface area contributed by atoms with E-state index in [2.05, 4.69) is 20.7 Å². The van der Waals surface area contributed by atoms with Gasteiger partial charge in [-0.05, 0) is 12.1 Å². The fourth-order valence-electron chi connectivity index (χ4n) is 0.838. The highest BCUT2D eigenvalue weighted by atomic mass is 79.9. The number of hydrogen-bond acceptors (Lipinski definition) is 3. The Kier molecular flexibility index (Phi) is 4.03. The van der Waals surface area contributed by atoms with Crippen LogP contribution < -0.4 is 4.74 Å². The van der Waals surface area contributed by atoms with Crippen molar-refractivity contribution < 1.29 is 18.4 Å². The summed E-state index contributed by atoms with van der Waals surface area (Å²) in [5.41, 5.74) is -0.211. The van der Waals surface area contributed by atoms with Gasteiger partial charge in [-0.25, -0.2) is 0 Å². The van der Waals surface area contributed by atoms with Crippen LogP contribution in [0.5, 0.6) is 5.75 Å². The van der Waals surface area contributed by atoms with E-state index in [4.69, 9.17) is 11.6 Å². The largest absolute Gasteiger partial charge is 0.431 e. The molecule has 0 spiro atoms. The normalized spacial score (nSPS) is 13.2. The quantitative estimate of drug-likeness (QED) is 0.485. The predicted molar refractivity (Wildman–Crippen MR) is 57.2 cm³/mol. The summed E-state index contributed by atoms with van der Waals surface area (Å²) in [5.74, 6) is -0.208. The molecule has 0 heterocycles. The molecule has 0 saturated carbocycles. The zero-order valence-electron chi connectivity index (χ0n) is 7.57. The molecule has 0 fully saturated rings. The van der Waals surface area contributed by atoms with Crippen LogP contribution in [0.15, 0.2) is 24.3 Å². The maximum absolute atomic E-state index is 13.0. The standard InChI is InChI=1S/C8H5BrClF2NO3/c9-7(10)8(11,12)16-6-3-1-5(2-4-6)13(14)15/h1-4,7H. The number of non-ortho nitro benzene ring substituents is 1. The fourth-order valence-corrected chi connectivity index (χ4v) is 0.976. The van der Waals surface area contributed by atoms with Gasteiger partial charge in [-0.15, -0.1) is 0 Å². The van der Waals surface area contributed by atoms with Crippen LogP contribution in [0.2, 0.25) is 0 Å². The Morgan fingerprint density at radius 1 is 1.44 bits per heavy atom. The lowest BCUT2D eigenvalue weighted by atomic mass is 10.3. The lowest BCUT2D eigenvalue weighted by molar-refractivity contribution is -0.384. The molecule has 0 aromatic heterocycles. The Morgan fingerprint density at radius 3 is 2.31 bits per heavy atom. The van der Waals surface area contributed by atoms with Crippen LogP contribution in [-0.4, -0.2) is 15.3 Å². The lowest BCUT2D eigenvalue weighted by Gasteiger charge is -2.18. The van der Waals surface area contributed by atoms with Gasteiger partial charge in [-0.3, -0.25) is 10.1 Å². The number of ether oxygens (including phenoxy) is 1. The zero-order chi connectivity index (χ0) is 12.3. The number of rotatable bonds is 4. The molecule has 16 heavy (non-hydrogen) atoms. The number of nitro benzene ring substituents is 1. The molecule has 0 N–H and O–H groups in total. The first-order valence-electron chi connectivity index (χ1n) is 3.92. The number of nitro groups is 1. The third kappa shape index (κ3) is 3.28. The first-order valence-corrected chi connectivity index (χ1v) is 5.27. The molecule has 0 aliphatic heterocycles. The van der Waals surface area contributed by atoms with Crippen LogP contribution in [0.25, 0.3) is 0 Å². The summed E-state index contributed by atoms with van der Waals surface area (Å²) in [7, 11) is 0. The van der Waals surface area contributed by atoms with Crippen molar-refractivity contribution in [3.8, 4) is 5.75 Å². The van der Waals surface area contributed by atoms with Crippen LogP contribution >= 0.6 is 27.5 Å². The van der Waals surface area contributed by atoms with Crippen molar-refractivity contribution in [2.24, 2.45) is 0 Å². The van der Waals surface area contributed by atoms with Gasteiger partial charge in [0.15, 0.2) is 4.29 Å². The molecule has 1 aromatic carbocycles. The summed E-state index contributed by atoms with van der Waals surface area (Å²) in [6.45, 7) is 0. The molecule has 1 rings (SSSR count). The molecule has 8 heteroatoms. The molecule has 0 amide bonds. The topological polar surface area (TPSA) is 52.4 Å². The monoisotopic (exact) mass is 315 g/mol. The Balaban J connectivity index is 2.80. The Morgan fingerprint density at radius 2 is 1.94 bits per heavy atom. The second-order valence-corrected chi connectivity index (χ2v) is 4.59. The highest BCUT2D eigenvalue weighted by molar-refractivity contribution is 9.10. The van der Waals surface area contributed by atoms with Crippen molar-refractivity contribution in [1.82, 2.24) is 0 Å². The molecule has 0 saturated heterocycles. The van der Waals surface area contributed by atoms with Gasteiger partial charge in [0, 0.05) is 12.1 Å². The minimum Gasteiger partial charge on any atom is -0.431 e. The van der Waals surface area contributed by atoms with Gasteiger partial charge in [-0.2, -0.15) is 8.78 Å². The van der Waals surface area contributed by atoms with Crippen molar-refractivity contribution in [2.75, 3.05) is 0 Å². The average molecular weight is 316 g/mol. The van der Waals surface area contributed by atoms with Gasteiger partial charge in [-0.1, -0.05) is 27.5 Å². The Bertz CT molecular complexity index is 385. The first-order chi connectivity index (χ1) is 7.33. The van der Waals surface area contributed by atoms with Crippen molar-refractivity contribution in [2.45, 2.75) is 10.4 Å². The van der Waals surface area contributed by atoms with E-state index in [1.807, 2.05) is 0 Å². The number of halogens is 4. The minimum atomic E-state index is -3.60. The van der Waals surface area contributed by atoms with Gasteiger partial charge < -0.3 is 4.74 Å². The molecule has 0 bridgehead atoms. The number of hydrogen-bond donors (Lipinski definition) is 0.